The number of carbonyl (C=O) groups is 1. The summed E-state index contributed by atoms with van der Waals surface area (Å²) in [7, 11) is 0. The molecule has 3 aromatic carbocycles. The molecule has 0 heterocycles. The first kappa shape index (κ1) is 17.2. The first-order valence-corrected chi connectivity index (χ1v) is 9.02. The van der Waals surface area contributed by atoms with Crippen LogP contribution in [0.1, 0.15) is 44.6 Å². The summed E-state index contributed by atoms with van der Waals surface area (Å²) in [5.74, 6) is -0.0900. The molecule has 0 radical (unpaired) electrons. The quantitative estimate of drug-likeness (QED) is 0.512. The Morgan fingerprint density at radius 3 is 2.30 bits per heavy atom. The normalized spacial score (nSPS) is 12.5. The predicted octanol–water partition coefficient (Wildman–Crippen LogP) is 4.11. The van der Waals surface area contributed by atoms with E-state index in [-0.39, 0.29) is 23.0 Å². The molecule has 0 bridgehead atoms. The second-order valence-electron chi connectivity index (χ2n) is 6.94. The molecule has 4 rings (SSSR count). The van der Waals surface area contributed by atoms with Crippen molar-refractivity contribution >= 4 is 5.78 Å². The van der Waals surface area contributed by atoms with E-state index in [1.165, 1.54) is 6.07 Å². The molecule has 1 aliphatic rings. The van der Waals surface area contributed by atoms with Gasteiger partial charge in [0.25, 0.3) is 0 Å². The maximum Gasteiger partial charge on any atom is 0.201 e. The van der Waals surface area contributed by atoms with Crippen molar-refractivity contribution in [1.29, 1.82) is 0 Å². The highest BCUT2D eigenvalue weighted by Crippen LogP contribution is 2.38. The maximum atomic E-state index is 12.9. The van der Waals surface area contributed by atoms with E-state index in [0.717, 1.165) is 35.1 Å². The fourth-order valence-electron chi connectivity index (χ4n) is 3.75. The number of hydrogen-bond donors (Lipinski definition) is 3. The van der Waals surface area contributed by atoms with Crippen molar-refractivity contribution in [3.63, 3.8) is 0 Å². The topological polar surface area (TPSA) is 77.8 Å². The SMILES string of the molecule is O=C1c2c(O)cccc2Cc2ccc(CCCc3ccc(O)cc3)c(O)c21. The van der Waals surface area contributed by atoms with Gasteiger partial charge in [-0.25, -0.2) is 0 Å². The zero-order valence-corrected chi connectivity index (χ0v) is 14.8. The average molecular weight is 360 g/mol. The second-order valence-corrected chi connectivity index (χ2v) is 6.94. The van der Waals surface area contributed by atoms with Crippen LogP contribution in [0.15, 0.2) is 54.6 Å². The summed E-state index contributed by atoms with van der Waals surface area (Å²) in [6.45, 7) is 0. The van der Waals surface area contributed by atoms with Crippen LogP contribution in [0.25, 0.3) is 0 Å². The van der Waals surface area contributed by atoms with Crippen LogP contribution < -0.4 is 0 Å². The summed E-state index contributed by atoms with van der Waals surface area (Å²) >= 11 is 0. The summed E-state index contributed by atoms with van der Waals surface area (Å²) in [5.41, 5.74) is 4.03. The Morgan fingerprint density at radius 1 is 0.778 bits per heavy atom. The van der Waals surface area contributed by atoms with Crippen LogP contribution in [-0.4, -0.2) is 21.1 Å². The molecule has 4 nitrogen and oxygen atoms in total. The van der Waals surface area contributed by atoms with Crippen LogP contribution in [0.2, 0.25) is 0 Å². The number of benzene rings is 3. The minimum Gasteiger partial charge on any atom is -0.508 e. The average Bonchev–Trinajstić information content (AvgIpc) is 2.65. The Labute approximate surface area is 157 Å². The standard InChI is InChI=1S/C23H20O4/c24-18-11-7-14(8-12-18)3-1-4-15-9-10-17-13-16-5-2-6-19(25)20(16)23(27)21(17)22(15)26/h2,5-12,24-26H,1,3-4,13H2. The van der Waals surface area contributed by atoms with Gasteiger partial charge in [-0.2, -0.15) is 0 Å². The van der Waals surface area contributed by atoms with Crippen LogP contribution >= 0.6 is 0 Å². The number of phenols is 3. The molecule has 27 heavy (non-hydrogen) atoms. The number of fused-ring (bicyclic) bond motifs is 2. The van der Waals surface area contributed by atoms with Gasteiger partial charge in [0.05, 0.1) is 11.1 Å². The highest BCUT2D eigenvalue weighted by atomic mass is 16.3. The largest absolute Gasteiger partial charge is 0.508 e. The number of phenolic OH excluding ortho intramolecular Hbond substituents is 3. The zero-order chi connectivity index (χ0) is 19.0. The van der Waals surface area contributed by atoms with Crippen molar-refractivity contribution in [1.82, 2.24) is 0 Å². The summed E-state index contributed by atoms with van der Waals surface area (Å²) in [4.78, 5) is 12.9. The Bertz CT molecular complexity index is 1020. The number of rotatable bonds is 4. The van der Waals surface area contributed by atoms with Crippen molar-refractivity contribution < 1.29 is 20.1 Å². The Morgan fingerprint density at radius 2 is 1.52 bits per heavy atom. The lowest BCUT2D eigenvalue weighted by molar-refractivity contribution is 0.102. The van der Waals surface area contributed by atoms with E-state index >= 15 is 0 Å². The van der Waals surface area contributed by atoms with Gasteiger partial charge in [0.15, 0.2) is 0 Å². The monoisotopic (exact) mass is 360 g/mol. The van der Waals surface area contributed by atoms with Gasteiger partial charge in [-0.3, -0.25) is 4.79 Å². The minimum absolute atomic E-state index is 0.0251. The van der Waals surface area contributed by atoms with E-state index in [1.807, 2.05) is 30.3 Å². The second kappa shape index (κ2) is 6.80. The Balaban J connectivity index is 1.56. The molecule has 1 aliphatic carbocycles. The molecule has 3 N–H and O–H groups in total. The van der Waals surface area contributed by atoms with Gasteiger partial charge in [0.2, 0.25) is 5.78 Å². The Hall–Kier alpha value is -3.27. The van der Waals surface area contributed by atoms with Gasteiger partial charge in [0.1, 0.15) is 17.2 Å². The summed E-state index contributed by atoms with van der Waals surface area (Å²) in [6, 6.07) is 15.9. The van der Waals surface area contributed by atoms with E-state index in [1.54, 1.807) is 18.2 Å². The van der Waals surface area contributed by atoms with E-state index in [0.29, 0.717) is 24.0 Å². The number of aromatic hydroxyl groups is 3. The summed E-state index contributed by atoms with van der Waals surface area (Å²) in [6.07, 6.45) is 2.79. The van der Waals surface area contributed by atoms with Gasteiger partial charge >= 0.3 is 0 Å². The lowest BCUT2D eigenvalue weighted by atomic mass is 9.82. The van der Waals surface area contributed by atoms with E-state index in [9.17, 15) is 20.1 Å². The highest BCUT2D eigenvalue weighted by Gasteiger charge is 2.29. The van der Waals surface area contributed by atoms with Crippen LogP contribution in [0, 0.1) is 0 Å². The predicted molar refractivity (Wildman–Crippen MR) is 103 cm³/mol. The summed E-state index contributed by atoms with van der Waals surface area (Å²) < 4.78 is 0. The van der Waals surface area contributed by atoms with Crippen molar-refractivity contribution in [3.8, 4) is 17.2 Å². The fraction of sp³-hybridized carbons (Fsp3) is 0.174. The molecule has 0 saturated heterocycles. The zero-order valence-electron chi connectivity index (χ0n) is 14.8. The molecule has 4 heteroatoms. The molecular formula is C23H20O4. The fourth-order valence-corrected chi connectivity index (χ4v) is 3.75. The molecule has 0 atom stereocenters. The summed E-state index contributed by atoms with van der Waals surface area (Å²) in [5, 5.41) is 30.1. The molecule has 0 aliphatic heterocycles. The smallest absolute Gasteiger partial charge is 0.201 e. The Kier molecular flexibility index (Phi) is 4.32. The van der Waals surface area contributed by atoms with Gasteiger partial charge < -0.3 is 15.3 Å². The molecule has 0 fully saturated rings. The number of ketones is 1. The lowest BCUT2D eigenvalue weighted by Gasteiger charge is -2.21. The molecule has 136 valence electrons. The van der Waals surface area contributed by atoms with Crippen molar-refractivity contribution in [2.75, 3.05) is 0 Å². The molecule has 3 aromatic rings. The highest BCUT2D eigenvalue weighted by molar-refractivity contribution is 6.15. The van der Waals surface area contributed by atoms with Crippen LogP contribution in [-0.2, 0) is 19.3 Å². The first-order chi connectivity index (χ1) is 13.0. The number of aryl methyl sites for hydroxylation is 2. The van der Waals surface area contributed by atoms with Crippen molar-refractivity contribution in [3.05, 3.63) is 88.0 Å². The van der Waals surface area contributed by atoms with Gasteiger partial charge in [0, 0.05) is 0 Å². The number of hydrogen-bond acceptors (Lipinski definition) is 4. The third kappa shape index (κ3) is 3.14. The van der Waals surface area contributed by atoms with Crippen LogP contribution in [0.4, 0.5) is 0 Å². The van der Waals surface area contributed by atoms with E-state index in [2.05, 4.69) is 0 Å². The van der Waals surface area contributed by atoms with Gasteiger partial charge in [-0.05, 0) is 66.1 Å². The third-order valence-corrected chi connectivity index (χ3v) is 5.16. The van der Waals surface area contributed by atoms with E-state index in [4.69, 9.17) is 0 Å². The third-order valence-electron chi connectivity index (χ3n) is 5.16. The molecule has 0 saturated carbocycles. The van der Waals surface area contributed by atoms with Crippen LogP contribution in [0.3, 0.4) is 0 Å². The van der Waals surface area contributed by atoms with Crippen molar-refractivity contribution in [2.24, 2.45) is 0 Å². The van der Waals surface area contributed by atoms with Crippen LogP contribution in [0.5, 0.6) is 17.2 Å². The van der Waals surface area contributed by atoms with Gasteiger partial charge in [-0.1, -0.05) is 36.4 Å². The maximum absolute atomic E-state index is 12.9. The van der Waals surface area contributed by atoms with E-state index < -0.39 is 0 Å². The molecule has 0 spiro atoms. The molecular weight excluding hydrogens is 340 g/mol. The van der Waals surface area contributed by atoms with Crippen molar-refractivity contribution in [2.45, 2.75) is 25.7 Å². The molecule has 0 aromatic heterocycles. The van der Waals surface area contributed by atoms with Gasteiger partial charge in [-0.15, -0.1) is 0 Å². The molecule has 0 amide bonds. The number of carbonyl (C=O) groups excluding carboxylic acids is 1. The lowest BCUT2D eigenvalue weighted by Crippen LogP contribution is -2.16. The molecule has 0 unspecified atom stereocenters. The first-order valence-electron chi connectivity index (χ1n) is 9.02. The minimum atomic E-state index is -0.317.